The number of nitro benzene ring substituents is 1. The third-order valence-corrected chi connectivity index (χ3v) is 2.05. The second kappa shape index (κ2) is 5.26. The van der Waals surface area contributed by atoms with Crippen LogP contribution in [0, 0.1) is 17.0 Å². The predicted octanol–water partition coefficient (Wildman–Crippen LogP) is 2.14. The number of nitro groups is 1. The van der Waals surface area contributed by atoms with Crippen molar-refractivity contribution >= 4 is 11.8 Å². The zero-order chi connectivity index (χ0) is 11.3. The van der Waals surface area contributed by atoms with Gasteiger partial charge in [0.05, 0.1) is 4.92 Å². The number of nitrogens with one attached hydrogen (secondary N) is 1. The molecule has 0 radical (unpaired) electrons. The Morgan fingerprint density at radius 2 is 2.27 bits per heavy atom. The maximum atomic E-state index is 10.6. The molecule has 0 aliphatic carbocycles. The molecule has 0 fully saturated rings. The minimum atomic E-state index is -0.365. The average molecular weight is 206 g/mol. The zero-order valence-corrected chi connectivity index (χ0v) is 8.86. The van der Waals surface area contributed by atoms with Crippen molar-refractivity contribution in [3.05, 3.63) is 45.5 Å². The van der Waals surface area contributed by atoms with Gasteiger partial charge in [-0.3, -0.25) is 10.1 Å². The van der Waals surface area contributed by atoms with Crippen LogP contribution in [0.5, 0.6) is 0 Å². The zero-order valence-electron chi connectivity index (χ0n) is 8.86. The Kier molecular flexibility index (Phi) is 4.00. The topological polar surface area (TPSA) is 55.2 Å². The molecule has 80 valence electrons. The summed E-state index contributed by atoms with van der Waals surface area (Å²) in [6.45, 7) is 2.53. The lowest BCUT2D eigenvalue weighted by atomic mass is 10.1. The highest BCUT2D eigenvalue weighted by Crippen LogP contribution is 2.19. The lowest BCUT2D eigenvalue weighted by Crippen LogP contribution is -2.03. The first-order valence-corrected chi connectivity index (χ1v) is 4.71. The van der Waals surface area contributed by atoms with Gasteiger partial charge in [-0.2, -0.15) is 0 Å². The van der Waals surface area contributed by atoms with Gasteiger partial charge < -0.3 is 5.32 Å². The monoisotopic (exact) mass is 206 g/mol. The fourth-order valence-electron chi connectivity index (χ4n) is 1.30. The Hall–Kier alpha value is -1.68. The van der Waals surface area contributed by atoms with E-state index in [9.17, 15) is 10.1 Å². The van der Waals surface area contributed by atoms with Crippen molar-refractivity contribution in [2.45, 2.75) is 6.92 Å². The SMILES string of the molecule is CNCC=Cc1ccc([N+](=O)[O-])c(C)c1. The molecule has 0 spiro atoms. The van der Waals surface area contributed by atoms with Gasteiger partial charge in [0.15, 0.2) is 0 Å². The molecule has 0 aromatic heterocycles. The third-order valence-electron chi connectivity index (χ3n) is 2.05. The number of rotatable bonds is 4. The van der Waals surface area contributed by atoms with E-state index in [1.54, 1.807) is 13.0 Å². The number of benzene rings is 1. The van der Waals surface area contributed by atoms with E-state index in [0.29, 0.717) is 5.56 Å². The van der Waals surface area contributed by atoms with Crippen LogP contribution in [0.3, 0.4) is 0 Å². The van der Waals surface area contributed by atoms with E-state index >= 15 is 0 Å². The summed E-state index contributed by atoms with van der Waals surface area (Å²) in [7, 11) is 1.87. The molecular weight excluding hydrogens is 192 g/mol. The van der Waals surface area contributed by atoms with Gasteiger partial charge in [0.25, 0.3) is 5.69 Å². The van der Waals surface area contributed by atoms with Crippen molar-refractivity contribution < 1.29 is 4.92 Å². The summed E-state index contributed by atoms with van der Waals surface area (Å²) >= 11 is 0. The highest BCUT2D eigenvalue weighted by Gasteiger charge is 2.08. The molecule has 1 rings (SSSR count). The Bertz CT molecular complexity index is 386. The molecule has 15 heavy (non-hydrogen) atoms. The van der Waals surface area contributed by atoms with E-state index in [1.165, 1.54) is 6.07 Å². The molecule has 0 aliphatic heterocycles. The normalized spacial score (nSPS) is 10.8. The molecule has 4 nitrogen and oxygen atoms in total. The molecule has 1 aromatic carbocycles. The van der Waals surface area contributed by atoms with Crippen molar-refractivity contribution in [1.29, 1.82) is 0 Å². The van der Waals surface area contributed by atoms with Crippen LogP contribution >= 0.6 is 0 Å². The molecule has 0 atom stereocenters. The van der Waals surface area contributed by atoms with Crippen LogP contribution in [0.15, 0.2) is 24.3 Å². The smallest absolute Gasteiger partial charge is 0.272 e. The van der Waals surface area contributed by atoms with Crippen LogP contribution in [-0.4, -0.2) is 18.5 Å². The van der Waals surface area contributed by atoms with Crippen molar-refractivity contribution in [2.75, 3.05) is 13.6 Å². The van der Waals surface area contributed by atoms with E-state index < -0.39 is 0 Å². The predicted molar refractivity (Wildman–Crippen MR) is 60.8 cm³/mol. The van der Waals surface area contributed by atoms with E-state index in [1.807, 2.05) is 25.3 Å². The van der Waals surface area contributed by atoms with Gasteiger partial charge in [0.1, 0.15) is 0 Å². The van der Waals surface area contributed by atoms with E-state index in [2.05, 4.69) is 5.32 Å². The summed E-state index contributed by atoms with van der Waals surface area (Å²) in [4.78, 5) is 10.2. The van der Waals surface area contributed by atoms with Crippen LogP contribution in [0.4, 0.5) is 5.69 Å². The van der Waals surface area contributed by atoms with Crippen molar-refractivity contribution in [3.63, 3.8) is 0 Å². The Balaban J connectivity index is 2.87. The van der Waals surface area contributed by atoms with E-state index in [4.69, 9.17) is 0 Å². The van der Waals surface area contributed by atoms with Crippen LogP contribution in [-0.2, 0) is 0 Å². The summed E-state index contributed by atoms with van der Waals surface area (Å²) in [6, 6.07) is 5.09. The van der Waals surface area contributed by atoms with Gasteiger partial charge in [-0.15, -0.1) is 0 Å². The second-order valence-corrected chi connectivity index (χ2v) is 3.26. The van der Waals surface area contributed by atoms with Gasteiger partial charge in [0.2, 0.25) is 0 Å². The minimum absolute atomic E-state index is 0.167. The fourth-order valence-corrected chi connectivity index (χ4v) is 1.30. The molecule has 0 saturated heterocycles. The Morgan fingerprint density at radius 3 is 2.80 bits per heavy atom. The van der Waals surface area contributed by atoms with Crippen molar-refractivity contribution in [1.82, 2.24) is 5.32 Å². The van der Waals surface area contributed by atoms with Gasteiger partial charge >= 0.3 is 0 Å². The van der Waals surface area contributed by atoms with Crippen LogP contribution in [0.2, 0.25) is 0 Å². The Morgan fingerprint density at radius 1 is 1.53 bits per heavy atom. The Labute approximate surface area is 88.8 Å². The van der Waals surface area contributed by atoms with Crippen LogP contribution in [0.1, 0.15) is 11.1 Å². The average Bonchev–Trinajstić information content (AvgIpc) is 2.17. The molecule has 0 amide bonds. The number of aryl methyl sites for hydroxylation is 1. The maximum Gasteiger partial charge on any atom is 0.272 e. The molecular formula is C11H14N2O2. The molecule has 0 saturated carbocycles. The largest absolute Gasteiger partial charge is 0.316 e. The molecule has 0 unspecified atom stereocenters. The van der Waals surface area contributed by atoms with Gasteiger partial charge in [-0.1, -0.05) is 12.2 Å². The summed E-state index contributed by atoms with van der Waals surface area (Å²) in [5.41, 5.74) is 1.83. The molecule has 4 heteroatoms. The number of hydrogen-bond acceptors (Lipinski definition) is 3. The molecule has 1 aromatic rings. The highest BCUT2D eigenvalue weighted by molar-refractivity contribution is 5.55. The fraction of sp³-hybridized carbons (Fsp3) is 0.273. The minimum Gasteiger partial charge on any atom is -0.316 e. The molecule has 0 bridgehead atoms. The first-order chi connectivity index (χ1) is 7.15. The van der Waals surface area contributed by atoms with Gasteiger partial charge in [0, 0.05) is 18.2 Å². The van der Waals surface area contributed by atoms with Crippen molar-refractivity contribution in [2.24, 2.45) is 0 Å². The lowest BCUT2D eigenvalue weighted by Gasteiger charge is -1.98. The number of likely N-dealkylation sites (N-methyl/N-ethyl adjacent to an activating group) is 1. The molecule has 1 N–H and O–H groups in total. The van der Waals surface area contributed by atoms with Crippen molar-refractivity contribution in [3.8, 4) is 0 Å². The third kappa shape index (κ3) is 3.18. The number of hydrogen-bond donors (Lipinski definition) is 1. The molecule has 0 aliphatic rings. The summed E-state index contributed by atoms with van der Waals surface area (Å²) in [6.07, 6.45) is 3.91. The first-order valence-electron chi connectivity index (χ1n) is 4.71. The number of nitrogens with zero attached hydrogens (tertiary/aromatic N) is 1. The van der Waals surface area contributed by atoms with Gasteiger partial charge in [-0.05, 0) is 31.7 Å². The highest BCUT2D eigenvalue weighted by atomic mass is 16.6. The summed E-state index contributed by atoms with van der Waals surface area (Å²) in [5.74, 6) is 0. The van der Waals surface area contributed by atoms with Crippen LogP contribution in [0.25, 0.3) is 6.08 Å². The lowest BCUT2D eigenvalue weighted by molar-refractivity contribution is -0.385. The quantitative estimate of drug-likeness (QED) is 0.606. The standard InChI is InChI=1S/C11H14N2O2/c1-9-8-10(4-3-7-12-2)5-6-11(9)13(14)15/h3-6,8,12H,7H2,1-2H3. The summed E-state index contributed by atoms with van der Waals surface area (Å²) < 4.78 is 0. The molecule has 0 heterocycles. The van der Waals surface area contributed by atoms with Gasteiger partial charge in [-0.25, -0.2) is 0 Å². The second-order valence-electron chi connectivity index (χ2n) is 3.26. The first kappa shape index (κ1) is 11.4. The van der Waals surface area contributed by atoms with Crippen LogP contribution < -0.4 is 5.32 Å². The van der Waals surface area contributed by atoms with E-state index in [-0.39, 0.29) is 10.6 Å². The maximum absolute atomic E-state index is 10.6. The summed E-state index contributed by atoms with van der Waals surface area (Å²) in [5, 5.41) is 13.6. The van der Waals surface area contributed by atoms with E-state index in [0.717, 1.165) is 12.1 Å².